The Morgan fingerprint density at radius 1 is 0.595 bits per heavy atom. The first-order valence-electron chi connectivity index (χ1n) is 15.6. The molecule has 0 heteroatoms. The molecule has 3 aromatic rings. The van der Waals surface area contributed by atoms with E-state index in [0.717, 1.165) is 18.3 Å². The Balaban J connectivity index is 0. The lowest BCUT2D eigenvalue weighted by molar-refractivity contribution is 0.283. The van der Waals surface area contributed by atoms with Crippen molar-refractivity contribution in [3.63, 3.8) is 0 Å². The fourth-order valence-corrected chi connectivity index (χ4v) is 4.78. The van der Waals surface area contributed by atoms with Crippen LogP contribution in [0, 0.1) is 43.4 Å². The van der Waals surface area contributed by atoms with Crippen LogP contribution in [-0.2, 0) is 11.8 Å². The zero-order valence-electron chi connectivity index (χ0n) is 28.7. The Morgan fingerprint density at radius 3 is 1.40 bits per heavy atom. The van der Waals surface area contributed by atoms with E-state index in [0.29, 0.717) is 10.8 Å². The van der Waals surface area contributed by atoms with E-state index in [4.69, 9.17) is 0 Å². The summed E-state index contributed by atoms with van der Waals surface area (Å²) in [5, 5.41) is 0. The van der Waals surface area contributed by atoms with Crippen molar-refractivity contribution >= 4 is 0 Å². The van der Waals surface area contributed by atoms with Crippen molar-refractivity contribution in [2.24, 2.45) is 22.7 Å². The van der Waals surface area contributed by atoms with Crippen LogP contribution in [0.25, 0.3) is 0 Å². The minimum Gasteiger partial charge on any atom is -0.0776 e. The molecule has 0 saturated heterocycles. The van der Waals surface area contributed by atoms with Gasteiger partial charge in [0.2, 0.25) is 0 Å². The highest BCUT2D eigenvalue weighted by molar-refractivity contribution is 5.44. The fourth-order valence-electron chi connectivity index (χ4n) is 4.78. The highest BCUT2D eigenvalue weighted by Crippen LogP contribution is 2.36. The molecule has 0 aliphatic heterocycles. The van der Waals surface area contributed by atoms with Crippen LogP contribution in [-0.4, -0.2) is 0 Å². The highest BCUT2D eigenvalue weighted by Gasteiger charge is 2.29. The van der Waals surface area contributed by atoms with Crippen molar-refractivity contribution in [1.29, 1.82) is 0 Å². The van der Waals surface area contributed by atoms with Crippen LogP contribution >= 0.6 is 0 Å². The lowest BCUT2D eigenvalue weighted by atomic mass is 9.71. The van der Waals surface area contributed by atoms with E-state index < -0.39 is 0 Å². The van der Waals surface area contributed by atoms with Crippen molar-refractivity contribution < 1.29 is 0 Å². The van der Waals surface area contributed by atoms with Crippen LogP contribution in [0.15, 0.2) is 72.8 Å². The Bertz CT molecular complexity index is 1080. The second-order valence-electron chi connectivity index (χ2n) is 15.0. The second kappa shape index (κ2) is 18.4. The molecule has 2 unspecified atom stereocenters. The summed E-state index contributed by atoms with van der Waals surface area (Å²) in [5.74, 6) is 1.69. The molecule has 0 fully saturated rings. The fraction of sp³-hybridized carbons (Fsp3) is 0.571. The molecule has 0 amide bonds. The van der Waals surface area contributed by atoms with E-state index in [9.17, 15) is 0 Å². The first-order valence-corrected chi connectivity index (χ1v) is 15.6. The van der Waals surface area contributed by atoms with Crippen LogP contribution in [0.5, 0.6) is 0 Å². The van der Waals surface area contributed by atoms with Gasteiger partial charge in [-0.05, 0) is 73.0 Å². The zero-order chi connectivity index (χ0) is 30.7. The van der Waals surface area contributed by atoms with E-state index in [-0.39, 0.29) is 20.3 Å². The standard InChI is InChI=1S/C24H26.C9H20.C7H16.2CH4/c1-18-10-12-22(13-11-18)24(4,17-21-8-6-5-7-9-21)23-15-19(2)14-20(3)16-23;1-6-8(2)7-9(3,4)5;1-6(2)7(3,4)5;;/h5-16H,17H2,1-4H3;8H,6-7H2,1-5H3;6H,1-5H3;2*1H4. The number of hydrogen-bond acceptors (Lipinski definition) is 0. The lowest BCUT2D eigenvalue weighted by Gasteiger charge is -2.32. The Hall–Kier alpha value is -2.34. The van der Waals surface area contributed by atoms with E-state index in [2.05, 4.69) is 170 Å². The van der Waals surface area contributed by atoms with Gasteiger partial charge in [-0.25, -0.2) is 0 Å². The largest absolute Gasteiger partial charge is 0.0776 e. The molecule has 2 atom stereocenters. The van der Waals surface area contributed by atoms with E-state index in [1.54, 1.807) is 0 Å². The van der Waals surface area contributed by atoms with Crippen LogP contribution in [0.2, 0.25) is 0 Å². The average Bonchev–Trinajstić information content (AvgIpc) is 2.83. The SMILES string of the molecule is C.C.CC(C)C(C)(C)C.CCC(C)CC(C)(C)C.Cc1ccc(C(C)(Cc2ccccc2)c2cc(C)cc(C)c2)cc1. The second-order valence-corrected chi connectivity index (χ2v) is 15.0. The maximum atomic E-state index is 2.37. The van der Waals surface area contributed by atoms with E-state index >= 15 is 0 Å². The van der Waals surface area contributed by atoms with Crippen LogP contribution in [0.1, 0.15) is 137 Å². The quantitative estimate of drug-likeness (QED) is 0.275. The summed E-state index contributed by atoms with van der Waals surface area (Å²) >= 11 is 0. The summed E-state index contributed by atoms with van der Waals surface area (Å²) in [6, 6.07) is 26.8. The third-order valence-corrected chi connectivity index (χ3v) is 8.34. The molecule has 0 nitrogen and oxygen atoms in total. The minimum atomic E-state index is -0.0359. The van der Waals surface area contributed by atoms with Gasteiger partial charge in [0.05, 0.1) is 0 Å². The van der Waals surface area contributed by atoms with Crippen LogP contribution < -0.4 is 0 Å². The molecule has 0 radical (unpaired) electrons. The molecule has 0 aliphatic carbocycles. The van der Waals surface area contributed by atoms with Crippen LogP contribution in [0.4, 0.5) is 0 Å². The van der Waals surface area contributed by atoms with E-state index in [1.165, 1.54) is 46.2 Å². The monoisotopic (exact) mass is 575 g/mol. The van der Waals surface area contributed by atoms with Gasteiger partial charge in [-0.2, -0.15) is 0 Å². The molecule has 0 saturated carbocycles. The van der Waals surface area contributed by atoms with Gasteiger partial charge in [0, 0.05) is 5.41 Å². The summed E-state index contributed by atoms with van der Waals surface area (Å²) in [4.78, 5) is 0. The van der Waals surface area contributed by atoms with Crippen molar-refractivity contribution in [2.75, 3.05) is 0 Å². The van der Waals surface area contributed by atoms with Gasteiger partial charge in [-0.15, -0.1) is 0 Å². The molecule has 0 N–H and O–H groups in total. The number of benzene rings is 3. The third kappa shape index (κ3) is 15.2. The number of aryl methyl sites for hydroxylation is 3. The average molecular weight is 575 g/mol. The molecule has 3 aromatic carbocycles. The number of hydrogen-bond donors (Lipinski definition) is 0. The summed E-state index contributed by atoms with van der Waals surface area (Å²) in [7, 11) is 0. The molecule has 0 heterocycles. The topological polar surface area (TPSA) is 0 Å². The van der Waals surface area contributed by atoms with Crippen molar-refractivity contribution in [1.82, 2.24) is 0 Å². The molecule has 42 heavy (non-hydrogen) atoms. The third-order valence-electron chi connectivity index (χ3n) is 8.34. The normalized spacial score (nSPS) is 13.2. The van der Waals surface area contributed by atoms with Gasteiger partial charge in [0.1, 0.15) is 0 Å². The maximum absolute atomic E-state index is 2.37. The van der Waals surface area contributed by atoms with Crippen molar-refractivity contribution in [3.05, 3.63) is 106 Å². The zero-order valence-corrected chi connectivity index (χ0v) is 28.7. The molecule has 238 valence electrons. The summed E-state index contributed by atoms with van der Waals surface area (Å²) in [5.41, 5.74) is 9.10. The predicted molar refractivity (Wildman–Crippen MR) is 195 cm³/mol. The predicted octanol–water partition coefficient (Wildman–Crippen LogP) is 13.6. The van der Waals surface area contributed by atoms with Gasteiger partial charge < -0.3 is 0 Å². The minimum absolute atomic E-state index is 0. The molecule has 0 aromatic heterocycles. The first kappa shape index (κ1) is 41.8. The molecular formula is C42H70. The number of rotatable bonds is 6. The highest BCUT2D eigenvalue weighted by atomic mass is 14.3. The molecule has 0 spiro atoms. The Labute approximate surface area is 264 Å². The Kier molecular flexibility index (Phi) is 18.3. The maximum Gasteiger partial charge on any atom is 0.0215 e. The van der Waals surface area contributed by atoms with Crippen molar-refractivity contribution in [2.45, 2.75) is 136 Å². The molecule has 0 aliphatic rings. The van der Waals surface area contributed by atoms with Gasteiger partial charge in [-0.1, -0.05) is 187 Å². The van der Waals surface area contributed by atoms with E-state index in [1.807, 2.05) is 0 Å². The summed E-state index contributed by atoms with van der Waals surface area (Å²) in [6.07, 6.45) is 3.67. The van der Waals surface area contributed by atoms with Gasteiger partial charge in [0.15, 0.2) is 0 Å². The summed E-state index contributed by atoms with van der Waals surface area (Å²) < 4.78 is 0. The molecule has 0 bridgehead atoms. The smallest absolute Gasteiger partial charge is 0.0215 e. The summed E-state index contributed by atoms with van der Waals surface area (Å²) in [6.45, 7) is 31.7. The van der Waals surface area contributed by atoms with Crippen molar-refractivity contribution in [3.8, 4) is 0 Å². The molecule has 3 rings (SSSR count). The van der Waals surface area contributed by atoms with Crippen LogP contribution in [0.3, 0.4) is 0 Å². The van der Waals surface area contributed by atoms with Gasteiger partial charge in [-0.3, -0.25) is 0 Å². The van der Waals surface area contributed by atoms with Gasteiger partial charge >= 0.3 is 0 Å². The molecular weight excluding hydrogens is 504 g/mol. The van der Waals surface area contributed by atoms with Gasteiger partial charge in [0.25, 0.3) is 0 Å². The lowest BCUT2D eigenvalue weighted by Crippen LogP contribution is -2.27. The first-order chi connectivity index (χ1) is 18.4. The Morgan fingerprint density at radius 2 is 1.05 bits per heavy atom.